The van der Waals surface area contributed by atoms with Crippen molar-refractivity contribution in [2.75, 3.05) is 31.9 Å². The Hall–Kier alpha value is -1.23. The van der Waals surface area contributed by atoms with Gasteiger partial charge in [-0.05, 0) is 13.1 Å². The van der Waals surface area contributed by atoms with Gasteiger partial charge in [-0.3, -0.25) is 10.1 Å². The Balaban J connectivity index is 2.74. The summed E-state index contributed by atoms with van der Waals surface area (Å²) >= 11 is 0.692. The predicted molar refractivity (Wildman–Crippen MR) is 78.4 cm³/mol. The quantitative estimate of drug-likeness (QED) is 0.541. The number of nitrogen functional groups attached to an aromatic ring is 1. The second-order valence-electron chi connectivity index (χ2n) is 4.00. The van der Waals surface area contributed by atoms with E-state index < -0.39 is 14.9 Å². The molecular weight excluding hydrogens is 304 g/mol. The van der Waals surface area contributed by atoms with Crippen molar-refractivity contribution in [3.05, 3.63) is 16.2 Å². The highest BCUT2D eigenvalue weighted by Gasteiger charge is 2.24. The molecule has 0 radical (unpaired) electrons. The van der Waals surface area contributed by atoms with Crippen LogP contribution in [0.5, 0.6) is 0 Å². The molecule has 20 heavy (non-hydrogen) atoms. The van der Waals surface area contributed by atoms with Gasteiger partial charge in [-0.15, -0.1) is 0 Å². The maximum absolute atomic E-state index is 12.0. The molecule has 0 bridgehead atoms. The molecule has 0 aromatic carbocycles. The molecule has 0 aliphatic carbocycles. The topological polar surface area (TPSA) is 119 Å². The largest absolute Gasteiger partial charge is 0.385 e. The molecule has 1 heterocycles. The van der Waals surface area contributed by atoms with Crippen molar-refractivity contribution in [3.63, 3.8) is 0 Å². The molecule has 0 unspecified atom stereocenters. The average molecular weight is 322 g/mol. The van der Waals surface area contributed by atoms with Crippen LogP contribution in [0.15, 0.2) is 10.3 Å². The van der Waals surface area contributed by atoms with Gasteiger partial charge in [0.1, 0.15) is 4.21 Å². The number of rotatable bonds is 8. The van der Waals surface area contributed by atoms with Gasteiger partial charge in [0.25, 0.3) is 0 Å². The van der Waals surface area contributed by atoms with Crippen molar-refractivity contribution in [3.8, 4) is 0 Å². The van der Waals surface area contributed by atoms with Crippen LogP contribution in [-0.4, -0.2) is 44.4 Å². The van der Waals surface area contributed by atoms with E-state index in [2.05, 4.69) is 9.62 Å². The lowest BCUT2D eigenvalue weighted by Crippen LogP contribution is -2.34. The van der Waals surface area contributed by atoms with E-state index in [1.807, 2.05) is 13.8 Å². The molecule has 8 nitrogen and oxygen atoms in total. The Bertz CT molecular complexity index is 566. The van der Waals surface area contributed by atoms with Crippen molar-refractivity contribution in [2.24, 2.45) is 0 Å². The zero-order valence-electron chi connectivity index (χ0n) is 11.3. The monoisotopic (exact) mass is 322 g/mol. The molecule has 0 atom stereocenters. The summed E-state index contributed by atoms with van der Waals surface area (Å²) < 4.78 is 26.2. The van der Waals surface area contributed by atoms with E-state index in [1.165, 1.54) is 0 Å². The summed E-state index contributed by atoms with van der Waals surface area (Å²) in [6, 6.07) is 0.986. The number of hydrogen-bond acceptors (Lipinski definition) is 7. The Morgan fingerprint density at radius 2 is 2.05 bits per heavy atom. The first kappa shape index (κ1) is 16.8. The van der Waals surface area contributed by atoms with E-state index >= 15 is 0 Å². The normalized spacial score (nSPS) is 11.9. The van der Waals surface area contributed by atoms with E-state index in [0.717, 1.165) is 19.2 Å². The number of anilines is 1. The maximum Gasteiger partial charge on any atom is 0.304 e. The first-order valence-electron chi connectivity index (χ1n) is 6.07. The van der Waals surface area contributed by atoms with Gasteiger partial charge in [-0.25, -0.2) is 13.1 Å². The summed E-state index contributed by atoms with van der Waals surface area (Å²) in [5.41, 5.74) is 5.06. The molecule has 0 saturated carbocycles. The second kappa shape index (κ2) is 6.97. The third-order valence-corrected chi connectivity index (χ3v) is 5.68. The number of nitro groups is 1. The summed E-state index contributed by atoms with van der Waals surface area (Å²) in [5.74, 6) is 0. The fourth-order valence-corrected chi connectivity index (χ4v) is 3.88. The van der Waals surface area contributed by atoms with Crippen molar-refractivity contribution < 1.29 is 13.3 Å². The summed E-state index contributed by atoms with van der Waals surface area (Å²) in [6.45, 7) is 6.46. The molecule has 1 rings (SSSR count). The Morgan fingerprint density at radius 1 is 1.45 bits per heavy atom. The lowest BCUT2D eigenvalue weighted by Gasteiger charge is -2.17. The molecule has 1 aromatic heterocycles. The van der Waals surface area contributed by atoms with Crippen molar-refractivity contribution in [1.82, 2.24) is 9.62 Å². The highest BCUT2D eigenvalue weighted by molar-refractivity contribution is 7.91. The number of nitrogens with two attached hydrogens (primary N) is 1. The zero-order chi connectivity index (χ0) is 15.3. The molecule has 0 aliphatic heterocycles. The van der Waals surface area contributed by atoms with E-state index in [0.29, 0.717) is 17.9 Å². The lowest BCUT2D eigenvalue weighted by atomic mass is 10.5. The van der Waals surface area contributed by atoms with Gasteiger partial charge in [0.2, 0.25) is 10.0 Å². The minimum Gasteiger partial charge on any atom is -0.385 e. The summed E-state index contributed by atoms with van der Waals surface area (Å²) in [4.78, 5) is 12.0. The van der Waals surface area contributed by atoms with Gasteiger partial charge in [0.15, 0.2) is 5.00 Å². The zero-order valence-corrected chi connectivity index (χ0v) is 13.0. The highest BCUT2D eigenvalue weighted by atomic mass is 32.2. The number of nitrogens with one attached hydrogen (secondary N) is 1. The van der Waals surface area contributed by atoms with Crippen molar-refractivity contribution in [1.29, 1.82) is 0 Å². The Kier molecular flexibility index (Phi) is 5.87. The van der Waals surface area contributed by atoms with Crippen LogP contribution in [0.25, 0.3) is 0 Å². The average Bonchev–Trinajstić information content (AvgIpc) is 2.78. The third-order valence-electron chi connectivity index (χ3n) is 2.79. The van der Waals surface area contributed by atoms with Crippen LogP contribution < -0.4 is 10.5 Å². The molecule has 0 amide bonds. The standard InChI is InChI=1S/C10H18N4O4S2/c1-3-13(4-2)6-5-12-20(17,18)9-7-8(14(15)16)10(11)19-9/h7,12H,3-6,11H2,1-2H3. The smallest absolute Gasteiger partial charge is 0.304 e. The predicted octanol–water partition coefficient (Wildman–Crippen LogP) is 0.859. The summed E-state index contributed by atoms with van der Waals surface area (Å²) in [5, 5.41) is 10.5. The number of thiophene rings is 1. The van der Waals surface area contributed by atoms with Crippen molar-refractivity contribution >= 4 is 32.0 Å². The van der Waals surface area contributed by atoms with Gasteiger partial charge in [-0.2, -0.15) is 0 Å². The van der Waals surface area contributed by atoms with Gasteiger partial charge >= 0.3 is 5.69 Å². The minimum atomic E-state index is -3.75. The van der Waals surface area contributed by atoms with Gasteiger partial charge in [-0.1, -0.05) is 25.2 Å². The second-order valence-corrected chi connectivity index (χ2v) is 7.07. The maximum atomic E-state index is 12.0. The van der Waals surface area contributed by atoms with Gasteiger partial charge in [0.05, 0.1) is 4.92 Å². The number of likely N-dealkylation sites (N-methyl/N-ethyl adjacent to an activating group) is 1. The SMILES string of the molecule is CCN(CC)CCNS(=O)(=O)c1cc([N+](=O)[O-])c(N)s1. The van der Waals surface area contributed by atoms with E-state index in [1.54, 1.807) is 0 Å². The van der Waals surface area contributed by atoms with Crippen molar-refractivity contribution in [2.45, 2.75) is 18.1 Å². The van der Waals surface area contributed by atoms with Gasteiger partial charge < -0.3 is 10.6 Å². The molecule has 0 aliphatic rings. The van der Waals surface area contributed by atoms with E-state index in [-0.39, 0.29) is 21.4 Å². The summed E-state index contributed by atoms with van der Waals surface area (Å²) in [6.07, 6.45) is 0. The van der Waals surface area contributed by atoms with Gasteiger partial charge in [0, 0.05) is 19.2 Å². The molecule has 1 aromatic rings. The van der Waals surface area contributed by atoms with Crippen LogP contribution in [0, 0.1) is 10.1 Å². The fraction of sp³-hybridized carbons (Fsp3) is 0.600. The molecule has 0 saturated heterocycles. The number of sulfonamides is 1. The van der Waals surface area contributed by atoms with Crippen LogP contribution in [0.3, 0.4) is 0 Å². The molecule has 3 N–H and O–H groups in total. The van der Waals surface area contributed by atoms with Crippen LogP contribution in [-0.2, 0) is 10.0 Å². The molecule has 114 valence electrons. The first-order chi connectivity index (χ1) is 9.31. The van der Waals surface area contributed by atoms with Crippen LogP contribution >= 0.6 is 11.3 Å². The summed E-state index contributed by atoms with van der Waals surface area (Å²) in [7, 11) is -3.75. The Labute approximate surface area is 121 Å². The number of hydrogen-bond donors (Lipinski definition) is 2. The molecule has 10 heteroatoms. The molecule has 0 spiro atoms. The lowest BCUT2D eigenvalue weighted by molar-refractivity contribution is -0.383. The van der Waals surface area contributed by atoms with Crippen LogP contribution in [0.4, 0.5) is 10.7 Å². The fourth-order valence-electron chi connectivity index (χ4n) is 1.60. The third kappa shape index (κ3) is 4.13. The molecule has 0 fully saturated rings. The highest BCUT2D eigenvalue weighted by Crippen LogP contribution is 2.34. The minimum absolute atomic E-state index is 0.112. The van der Waals surface area contributed by atoms with Crippen LogP contribution in [0.2, 0.25) is 0 Å². The Morgan fingerprint density at radius 3 is 2.50 bits per heavy atom. The van der Waals surface area contributed by atoms with E-state index in [9.17, 15) is 18.5 Å². The molecular formula is C10H18N4O4S2. The van der Waals surface area contributed by atoms with E-state index in [4.69, 9.17) is 5.73 Å². The number of nitrogens with zero attached hydrogens (tertiary/aromatic N) is 2. The van der Waals surface area contributed by atoms with Crippen LogP contribution in [0.1, 0.15) is 13.8 Å². The first-order valence-corrected chi connectivity index (χ1v) is 8.37.